The SMILES string of the molecule is CC(CC1CC1)NC(=O)C(CN)c1ccccc1. The number of carbonyl (C=O) groups excluding carboxylic acids is 1. The smallest absolute Gasteiger partial charge is 0.229 e. The molecule has 3 nitrogen and oxygen atoms in total. The second-order valence-corrected chi connectivity index (χ2v) is 5.29. The van der Waals surface area contributed by atoms with Crippen LogP contribution >= 0.6 is 0 Å². The molecule has 2 rings (SSSR count). The molecule has 0 bridgehead atoms. The van der Waals surface area contributed by atoms with Crippen molar-refractivity contribution in [1.29, 1.82) is 0 Å². The number of rotatable bonds is 6. The zero-order chi connectivity index (χ0) is 13.0. The summed E-state index contributed by atoms with van der Waals surface area (Å²) in [5, 5.41) is 3.08. The highest BCUT2D eigenvalue weighted by atomic mass is 16.1. The third-order valence-electron chi connectivity index (χ3n) is 3.53. The Labute approximate surface area is 109 Å². The molecule has 98 valence electrons. The van der Waals surface area contributed by atoms with Crippen molar-refractivity contribution in [2.24, 2.45) is 11.7 Å². The molecule has 1 amide bonds. The second-order valence-electron chi connectivity index (χ2n) is 5.29. The van der Waals surface area contributed by atoms with E-state index in [9.17, 15) is 4.79 Å². The summed E-state index contributed by atoms with van der Waals surface area (Å²) < 4.78 is 0. The van der Waals surface area contributed by atoms with Crippen LogP contribution < -0.4 is 11.1 Å². The standard InChI is InChI=1S/C15H22N2O/c1-11(9-12-7-8-12)17-15(18)14(10-16)13-5-3-2-4-6-13/h2-6,11-12,14H,7-10,16H2,1H3,(H,17,18). The molecule has 0 aliphatic heterocycles. The highest BCUT2D eigenvalue weighted by Gasteiger charge is 2.26. The van der Waals surface area contributed by atoms with Gasteiger partial charge >= 0.3 is 0 Å². The molecule has 2 unspecified atom stereocenters. The Kier molecular flexibility index (Phi) is 4.37. The third kappa shape index (κ3) is 3.57. The summed E-state index contributed by atoms with van der Waals surface area (Å²) in [6, 6.07) is 10.0. The molecule has 3 heteroatoms. The molecule has 1 saturated carbocycles. The van der Waals surface area contributed by atoms with Gasteiger partial charge in [-0.2, -0.15) is 0 Å². The summed E-state index contributed by atoms with van der Waals surface area (Å²) in [5.41, 5.74) is 6.73. The average molecular weight is 246 g/mol. The van der Waals surface area contributed by atoms with E-state index in [1.54, 1.807) is 0 Å². The Morgan fingerprint density at radius 1 is 1.39 bits per heavy atom. The lowest BCUT2D eigenvalue weighted by Gasteiger charge is -2.19. The Hall–Kier alpha value is -1.35. The maximum atomic E-state index is 12.2. The van der Waals surface area contributed by atoms with Crippen LogP contribution in [0.4, 0.5) is 0 Å². The molecule has 0 heterocycles. The third-order valence-corrected chi connectivity index (χ3v) is 3.53. The number of nitrogens with one attached hydrogen (secondary N) is 1. The summed E-state index contributed by atoms with van der Waals surface area (Å²) in [7, 11) is 0. The molecule has 3 N–H and O–H groups in total. The quantitative estimate of drug-likeness (QED) is 0.807. The molecule has 1 aliphatic rings. The fourth-order valence-corrected chi connectivity index (χ4v) is 2.34. The van der Waals surface area contributed by atoms with Crippen molar-refractivity contribution < 1.29 is 4.79 Å². The topological polar surface area (TPSA) is 55.1 Å². The molecular weight excluding hydrogens is 224 g/mol. The van der Waals surface area contributed by atoms with Crippen LogP contribution in [0.1, 0.15) is 37.7 Å². The fraction of sp³-hybridized carbons (Fsp3) is 0.533. The van der Waals surface area contributed by atoms with E-state index in [0.717, 1.165) is 17.9 Å². The first-order valence-corrected chi connectivity index (χ1v) is 6.76. The minimum absolute atomic E-state index is 0.0526. The van der Waals surface area contributed by atoms with Crippen molar-refractivity contribution in [1.82, 2.24) is 5.32 Å². The van der Waals surface area contributed by atoms with Crippen molar-refractivity contribution in [3.63, 3.8) is 0 Å². The van der Waals surface area contributed by atoms with E-state index in [0.29, 0.717) is 6.54 Å². The minimum Gasteiger partial charge on any atom is -0.353 e. The molecule has 0 saturated heterocycles. The van der Waals surface area contributed by atoms with E-state index < -0.39 is 0 Å². The van der Waals surface area contributed by atoms with Gasteiger partial charge in [-0.1, -0.05) is 43.2 Å². The van der Waals surface area contributed by atoms with Crippen LogP contribution in [0.2, 0.25) is 0 Å². The van der Waals surface area contributed by atoms with Gasteiger partial charge in [-0.15, -0.1) is 0 Å². The Morgan fingerprint density at radius 3 is 2.61 bits per heavy atom. The monoisotopic (exact) mass is 246 g/mol. The predicted octanol–water partition coefficient (Wildman–Crippen LogP) is 2.03. The molecule has 1 fully saturated rings. The molecule has 18 heavy (non-hydrogen) atoms. The minimum atomic E-state index is -0.229. The van der Waals surface area contributed by atoms with Crippen molar-refractivity contribution in [2.75, 3.05) is 6.54 Å². The van der Waals surface area contributed by atoms with Gasteiger partial charge in [0, 0.05) is 12.6 Å². The van der Waals surface area contributed by atoms with E-state index in [4.69, 9.17) is 5.73 Å². The zero-order valence-corrected chi connectivity index (χ0v) is 10.9. The van der Waals surface area contributed by atoms with E-state index >= 15 is 0 Å². The molecule has 0 aromatic heterocycles. The number of hydrogen-bond donors (Lipinski definition) is 2. The van der Waals surface area contributed by atoms with E-state index in [-0.39, 0.29) is 17.9 Å². The first kappa shape index (κ1) is 13.1. The predicted molar refractivity (Wildman–Crippen MR) is 73.2 cm³/mol. The summed E-state index contributed by atoms with van der Waals surface area (Å²) in [4.78, 5) is 12.2. The summed E-state index contributed by atoms with van der Waals surface area (Å²) in [6.07, 6.45) is 3.73. The summed E-state index contributed by atoms with van der Waals surface area (Å²) in [5.74, 6) is 0.651. The van der Waals surface area contributed by atoms with Gasteiger partial charge in [-0.3, -0.25) is 4.79 Å². The van der Waals surface area contributed by atoms with Crippen molar-refractivity contribution in [2.45, 2.75) is 38.1 Å². The first-order valence-electron chi connectivity index (χ1n) is 6.76. The zero-order valence-electron chi connectivity index (χ0n) is 10.9. The van der Waals surface area contributed by atoms with Gasteiger partial charge in [0.15, 0.2) is 0 Å². The fourth-order valence-electron chi connectivity index (χ4n) is 2.34. The van der Waals surface area contributed by atoms with Gasteiger partial charge in [0.1, 0.15) is 0 Å². The lowest BCUT2D eigenvalue weighted by atomic mass is 9.98. The largest absolute Gasteiger partial charge is 0.353 e. The summed E-state index contributed by atoms with van der Waals surface area (Å²) in [6.45, 7) is 2.43. The van der Waals surface area contributed by atoms with Gasteiger partial charge < -0.3 is 11.1 Å². The Morgan fingerprint density at radius 2 is 2.06 bits per heavy atom. The van der Waals surface area contributed by atoms with Gasteiger partial charge in [-0.25, -0.2) is 0 Å². The van der Waals surface area contributed by atoms with Crippen LogP contribution in [0.3, 0.4) is 0 Å². The molecule has 1 aromatic rings. The van der Waals surface area contributed by atoms with Crippen molar-refractivity contribution in [3.05, 3.63) is 35.9 Å². The molecule has 0 spiro atoms. The van der Waals surface area contributed by atoms with Gasteiger partial charge in [0.2, 0.25) is 5.91 Å². The van der Waals surface area contributed by atoms with E-state index in [2.05, 4.69) is 12.2 Å². The van der Waals surface area contributed by atoms with Gasteiger partial charge in [-0.05, 0) is 24.8 Å². The highest BCUT2D eigenvalue weighted by molar-refractivity contribution is 5.84. The van der Waals surface area contributed by atoms with E-state index in [1.807, 2.05) is 30.3 Å². The van der Waals surface area contributed by atoms with Crippen LogP contribution in [0, 0.1) is 5.92 Å². The Balaban J connectivity index is 1.92. The van der Waals surface area contributed by atoms with Gasteiger partial charge in [0.05, 0.1) is 5.92 Å². The normalized spacial score (nSPS) is 18.1. The molecule has 2 atom stereocenters. The molecule has 0 radical (unpaired) electrons. The van der Waals surface area contributed by atoms with Crippen LogP contribution in [-0.4, -0.2) is 18.5 Å². The summed E-state index contributed by atoms with van der Waals surface area (Å²) >= 11 is 0. The van der Waals surface area contributed by atoms with Crippen LogP contribution in [0.15, 0.2) is 30.3 Å². The van der Waals surface area contributed by atoms with Crippen molar-refractivity contribution in [3.8, 4) is 0 Å². The lowest BCUT2D eigenvalue weighted by Crippen LogP contribution is -2.39. The number of hydrogen-bond acceptors (Lipinski definition) is 2. The number of amides is 1. The van der Waals surface area contributed by atoms with Crippen LogP contribution in [0.5, 0.6) is 0 Å². The highest BCUT2D eigenvalue weighted by Crippen LogP contribution is 2.33. The average Bonchev–Trinajstić information content (AvgIpc) is 3.15. The second kappa shape index (κ2) is 6.01. The van der Waals surface area contributed by atoms with Gasteiger partial charge in [0.25, 0.3) is 0 Å². The molecular formula is C15H22N2O. The van der Waals surface area contributed by atoms with E-state index in [1.165, 1.54) is 12.8 Å². The van der Waals surface area contributed by atoms with Crippen molar-refractivity contribution >= 4 is 5.91 Å². The first-order chi connectivity index (χ1) is 8.70. The molecule has 1 aromatic carbocycles. The molecule has 1 aliphatic carbocycles. The Bertz CT molecular complexity index is 387. The number of nitrogens with two attached hydrogens (primary N) is 1. The van der Waals surface area contributed by atoms with Crippen LogP contribution in [0.25, 0.3) is 0 Å². The number of carbonyl (C=O) groups is 1. The maximum absolute atomic E-state index is 12.2. The maximum Gasteiger partial charge on any atom is 0.229 e. The van der Waals surface area contributed by atoms with Crippen LogP contribution in [-0.2, 0) is 4.79 Å². The number of benzene rings is 1. The lowest BCUT2D eigenvalue weighted by molar-refractivity contribution is -0.123.